The van der Waals surface area contributed by atoms with Gasteiger partial charge in [-0.3, -0.25) is 0 Å². The molecular weight excluding hydrogens is 357 g/mol. The molecule has 1 aliphatic rings. The van der Waals surface area contributed by atoms with Crippen LogP contribution in [-0.2, 0) is 14.8 Å². The van der Waals surface area contributed by atoms with E-state index in [1.54, 1.807) is 24.3 Å². The fourth-order valence-electron chi connectivity index (χ4n) is 3.05. The number of aromatic nitrogens is 2. The molecule has 2 heterocycles. The molecule has 0 unspecified atom stereocenters. The maximum atomic E-state index is 13.8. The van der Waals surface area contributed by atoms with Crippen molar-refractivity contribution in [3.8, 4) is 0 Å². The highest BCUT2D eigenvalue weighted by Gasteiger charge is 2.26. The Labute approximate surface area is 150 Å². The number of hydrogen-bond donors (Lipinski definition) is 0. The summed E-state index contributed by atoms with van der Waals surface area (Å²) in [6, 6.07) is 10.6. The van der Waals surface area contributed by atoms with Crippen molar-refractivity contribution in [2.75, 3.05) is 31.2 Å². The Morgan fingerprint density at radius 1 is 1.08 bits per heavy atom. The number of ether oxygens (including phenoxy) is 1. The lowest BCUT2D eigenvalue weighted by molar-refractivity contribution is 0.122. The Kier molecular flexibility index (Phi) is 4.16. The first-order valence-corrected chi connectivity index (χ1v) is 9.74. The number of nitrogens with zero attached hydrogens (tertiary/aromatic N) is 3. The van der Waals surface area contributed by atoms with Crippen LogP contribution in [0, 0.1) is 12.7 Å². The van der Waals surface area contributed by atoms with Crippen molar-refractivity contribution in [2.24, 2.45) is 0 Å². The zero-order valence-electron chi connectivity index (χ0n) is 14.2. The minimum Gasteiger partial charge on any atom is -0.378 e. The second-order valence-corrected chi connectivity index (χ2v) is 8.01. The number of hydrogen-bond acceptors (Lipinski definition) is 5. The van der Waals surface area contributed by atoms with Gasteiger partial charge in [0.2, 0.25) is 0 Å². The number of anilines is 1. The third-order valence-electron chi connectivity index (χ3n) is 4.45. The monoisotopic (exact) mass is 375 g/mol. The van der Waals surface area contributed by atoms with Crippen molar-refractivity contribution >= 4 is 26.7 Å². The number of benzene rings is 2. The number of aryl methyl sites for hydroxylation is 1. The van der Waals surface area contributed by atoms with Gasteiger partial charge in [0.25, 0.3) is 10.0 Å². The topological polar surface area (TPSA) is 64.4 Å². The van der Waals surface area contributed by atoms with E-state index in [0.29, 0.717) is 43.0 Å². The Bertz CT molecular complexity index is 1060. The van der Waals surface area contributed by atoms with E-state index in [9.17, 15) is 12.8 Å². The molecule has 0 aliphatic carbocycles. The fraction of sp³-hybridized carbons (Fsp3) is 0.278. The Morgan fingerprint density at radius 3 is 2.46 bits per heavy atom. The van der Waals surface area contributed by atoms with Crippen molar-refractivity contribution in [2.45, 2.75) is 11.8 Å². The molecule has 1 saturated heterocycles. The quantitative estimate of drug-likeness (QED) is 0.704. The van der Waals surface area contributed by atoms with Gasteiger partial charge in [-0.2, -0.15) is 12.5 Å². The predicted octanol–water partition coefficient (Wildman–Crippen LogP) is 2.56. The number of halogens is 1. The van der Waals surface area contributed by atoms with Crippen LogP contribution in [0.25, 0.3) is 10.9 Å². The molecule has 8 heteroatoms. The molecular formula is C18H18FN3O3S. The van der Waals surface area contributed by atoms with Gasteiger partial charge in [-0.25, -0.2) is 4.39 Å². The summed E-state index contributed by atoms with van der Waals surface area (Å²) >= 11 is 0. The molecule has 0 N–H and O–H groups in total. The molecule has 26 heavy (non-hydrogen) atoms. The highest BCUT2D eigenvalue weighted by molar-refractivity contribution is 7.90. The fourth-order valence-corrected chi connectivity index (χ4v) is 4.33. The van der Waals surface area contributed by atoms with E-state index in [1.165, 1.54) is 18.2 Å². The molecule has 0 spiro atoms. The van der Waals surface area contributed by atoms with Crippen LogP contribution in [0.3, 0.4) is 0 Å². The highest BCUT2D eigenvalue weighted by atomic mass is 32.2. The summed E-state index contributed by atoms with van der Waals surface area (Å²) in [6.45, 7) is 4.09. The van der Waals surface area contributed by atoms with E-state index >= 15 is 0 Å². The van der Waals surface area contributed by atoms with Crippen molar-refractivity contribution in [3.63, 3.8) is 0 Å². The SMILES string of the molecule is Cc1ccc(S(=O)(=O)n2nc(N3CCOCC3)c3cc(F)ccc32)cc1. The first kappa shape index (κ1) is 17.0. The van der Waals surface area contributed by atoms with Crippen molar-refractivity contribution in [1.82, 2.24) is 9.19 Å². The molecule has 6 nitrogen and oxygen atoms in total. The second kappa shape index (κ2) is 6.37. The minimum absolute atomic E-state index is 0.144. The molecule has 3 aromatic rings. The molecule has 136 valence electrons. The van der Waals surface area contributed by atoms with E-state index in [-0.39, 0.29) is 4.90 Å². The molecule has 1 aromatic heterocycles. The van der Waals surface area contributed by atoms with Crippen molar-refractivity contribution in [3.05, 3.63) is 53.8 Å². The first-order chi connectivity index (χ1) is 12.5. The molecule has 0 bridgehead atoms. The zero-order valence-corrected chi connectivity index (χ0v) is 15.0. The molecule has 0 saturated carbocycles. The van der Waals surface area contributed by atoms with Gasteiger partial charge in [0.15, 0.2) is 5.82 Å². The molecule has 4 rings (SSSR count). The van der Waals surface area contributed by atoms with Crippen LogP contribution in [0.1, 0.15) is 5.56 Å². The van der Waals surface area contributed by atoms with Gasteiger partial charge < -0.3 is 9.64 Å². The van der Waals surface area contributed by atoms with Gasteiger partial charge in [-0.1, -0.05) is 17.7 Å². The Balaban J connectivity index is 1.91. The van der Waals surface area contributed by atoms with Crippen molar-refractivity contribution in [1.29, 1.82) is 0 Å². The summed E-state index contributed by atoms with van der Waals surface area (Å²) in [7, 11) is -3.89. The third-order valence-corrected chi connectivity index (χ3v) is 6.05. The van der Waals surface area contributed by atoms with Crippen LogP contribution < -0.4 is 4.90 Å². The van der Waals surface area contributed by atoms with E-state index in [1.807, 2.05) is 11.8 Å². The van der Waals surface area contributed by atoms with Crippen LogP contribution >= 0.6 is 0 Å². The molecule has 2 aromatic carbocycles. The minimum atomic E-state index is -3.89. The van der Waals surface area contributed by atoms with Crippen molar-refractivity contribution < 1.29 is 17.5 Å². The Morgan fingerprint density at radius 2 is 1.77 bits per heavy atom. The molecule has 0 radical (unpaired) electrons. The standard InChI is InChI=1S/C18H18FN3O3S/c1-13-2-5-15(6-3-13)26(23,24)22-17-7-4-14(19)12-16(17)18(20-22)21-8-10-25-11-9-21/h2-7,12H,8-11H2,1H3. The lowest BCUT2D eigenvalue weighted by atomic mass is 10.2. The van der Waals surface area contributed by atoms with Gasteiger partial charge in [0, 0.05) is 18.5 Å². The smallest absolute Gasteiger partial charge is 0.283 e. The normalized spacial score (nSPS) is 15.5. The van der Waals surface area contributed by atoms with Crippen LogP contribution in [0.2, 0.25) is 0 Å². The van der Waals surface area contributed by atoms with Gasteiger partial charge in [0.05, 0.1) is 23.6 Å². The number of morpholine rings is 1. The third kappa shape index (κ3) is 2.85. The number of fused-ring (bicyclic) bond motifs is 1. The van der Waals surface area contributed by atoms with E-state index in [4.69, 9.17) is 4.74 Å². The maximum absolute atomic E-state index is 13.8. The average Bonchev–Trinajstić information content (AvgIpc) is 3.02. The molecule has 0 amide bonds. The van der Waals surface area contributed by atoms with Crippen LogP contribution in [0.5, 0.6) is 0 Å². The average molecular weight is 375 g/mol. The maximum Gasteiger partial charge on any atom is 0.283 e. The highest BCUT2D eigenvalue weighted by Crippen LogP contribution is 2.30. The van der Waals surface area contributed by atoms with Crippen LogP contribution in [0.15, 0.2) is 47.4 Å². The summed E-state index contributed by atoms with van der Waals surface area (Å²) in [4.78, 5) is 2.07. The van der Waals surface area contributed by atoms with E-state index in [2.05, 4.69) is 5.10 Å². The van der Waals surface area contributed by atoms with Crippen LogP contribution in [0.4, 0.5) is 10.2 Å². The largest absolute Gasteiger partial charge is 0.378 e. The summed E-state index contributed by atoms with van der Waals surface area (Å²) < 4.78 is 46.4. The van der Waals surface area contributed by atoms with Gasteiger partial charge in [-0.05, 0) is 37.3 Å². The lowest BCUT2D eigenvalue weighted by Gasteiger charge is -2.26. The van der Waals surface area contributed by atoms with Gasteiger partial charge >= 0.3 is 0 Å². The number of rotatable bonds is 3. The van der Waals surface area contributed by atoms with Crippen LogP contribution in [-0.4, -0.2) is 43.9 Å². The molecule has 1 aliphatic heterocycles. The zero-order chi connectivity index (χ0) is 18.3. The van der Waals surface area contributed by atoms with E-state index < -0.39 is 15.8 Å². The van der Waals surface area contributed by atoms with Gasteiger partial charge in [-0.15, -0.1) is 5.10 Å². The van der Waals surface area contributed by atoms with Gasteiger partial charge in [0.1, 0.15) is 5.82 Å². The van der Waals surface area contributed by atoms with E-state index in [0.717, 1.165) is 9.65 Å². The summed E-state index contributed by atoms with van der Waals surface area (Å²) in [5.74, 6) is 0.0257. The summed E-state index contributed by atoms with van der Waals surface area (Å²) in [5.41, 5.74) is 1.32. The molecule has 1 fully saturated rings. The second-order valence-electron chi connectivity index (χ2n) is 6.25. The predicted molar refractivity (Wildman–Crippen MR) is 96.5 cm³/mol. The lowest BCUT2D eigenvalue weighted by Crippen LogP contribution is -2.36. The summed E-state index contributed by atoms with van der Waals surface area (Å²) in [6.07, 6.45) is 0. The Hall–Kier alpha value is -2.45. The molecule has 0 atom stereocenters. The summed E-state index contributed by atoms with van der Waals surface area (Å²) in [5, 5.41) is 4.83. The first-order valence-electron chi connectivity index (χ1n) is 8.30.